The van der Waals surface area contributed by atoms with Gasteiger partial charge in [-0.05, 0) is 31.0 Å². The van der Waals surface area contributed by atoms with Gasteiger partial charge in [0.15, 0.2) is 0 Å². The van der Waals surface area contributed by atoms with Gasteiger partial charge in [-0.25, -0.2) is 0 Å². The Morgan fingerprint density at radius 3 is 2.60 bits per heavy atom. The minimum absolute atomic E-state index is 0.114. The van der Waals surface area contributed by atoms with Crippen molar-refractivity contribution in [1.29, 1.82) is 0 Å². The van der Waals surface area contributed by atoms with Gasteiger partial charge in [-0.3, -0.25) is 4.79 Å². The number of amides is 1. The highest BCUT2D eigenvalue weighted by Gasteiger charge is 2.21. The summed E-state index contributed by atoms with van der Waals surface area (Å²) in [7, 11) is 1.90. The first-order valence-electron chi connectivity index (χ1n) is 7.02. The maximum Gasteiger partial charge on any atom is 0.241 e. The molecule has 0 radical (unpaired) electrons. The van der Waals surface area contributed by atoms with Gasteiger partial charge in [-0.1, -0.05) is 42.5 Å². The third kappa shape index (κ3) is 4.03. The Morgan fingerprint density at radius 1 is 1.25 bits per heavy atom. The summed E-state index contributed by atoms with van der Waals surface area (Å²) >= 11 is 11.8. The number of nitrogens with one attached hydrogen (secondary N) is 1. The van der Waals surface area contributed by atoms with Crippen molar-refractivity contribution in [3.63, 3.8) is 0 Å². The molecular formula is C15H20Cl2N2O. The lowest BCUT2D eigenvalue weighted by atomic mass is 9.94. The Balaban J connectivity index is 1.86. The number of benzene rings is 1. The molecular weight excluding hydrogens is 295 g/mol. The van der Waals surface area contributed by atoms with Crippen LogP contribution < -0.4 is 5.32 Å². The van der Waals surface area contributed by atoms with Gasteiger partial charge < -0.3 is 10.2 Å². The SMILES string of the molecule is CN(C(=O)CNc1ccc(Cl)c(Cl)c1)C1CCCCC1. The lowest BCUT2D eigenvalue weighted by Crippen LogP contribution is -2.41. The summed E-state index contributed by atoms with van der Waals surface area (Å²) in [5.41, 5.74) is 0.810. The molecule has 1 aliphatic carbocycles. The average molecular weight is 315 g/mol. The molecule has 1 aromatic rings. The van der Waals surface area contributed by atoms with Gasteiger partial charge in [-0.15, -0.1) is 0 Å². The van der Waals surface area contributed by atoms with Crippen molar-refractivity contribution in [1.82, 2.24) is 4.90 Å². The molecule has 3 nitrogen and oxygen atoms in total. The molecule has 2 rings (SSSR count). The average Bonchev–Trinajstić information content (AvgIpc) is 2.48. The summed E-state index contributed by atoms with van der Waals surface area (Å²) in [4.78, 5) is 14.1. The van der Waals surface area contributed by atoms with Gasteiger partial charge in [-0.2, -0.15) is 0 Å². The quantitative estimate of drug-likeness (QED) is 0.903. The van der Waals surface area contributed by atoms with Gasteiger partial charge in [0.05, 0.1) is 16.6 Å². The molecule has 0 heterocycles. The van der Waals surface area contributed by atoms with Gasteiger partial charge in [0.25, 0.3) is 0 Å². The van der Waals surface area contributed by atoms with Crippen molar-refractivity contribution in [2.24, 2.45) is 0 Å². The zero-order valence-corrected chi connectivity index (χ0v) is 13.2. The predicted octanol–water partition coefficient (Wildman–Crippen LogP) is 4.20. The molecule has 1 amide bonds. The van der Waals surface area contributed by atoms with Crippen molar-refractivity contribution < 1.29 is 4.79 Å². The van der Waals surface area contributed by atoms with Crippen LogP contribution in [0.5, 0.6) is 0 Å². The van der Waals surface area contributed by atoms with Crippen LogP contribution in [0.1, 0.15) is 32.1 Å². The Kier molecular flexibility index (Phi) is 5.55. The molecule has 1 N–H and O–H groups in total. The Labute approximate surface area is 130 Å². The molecule has 110 valence electrons. The van der Waals surface area contributed by atoms with Crippen molar-refractivity contribution in [2.45, 2.75) is 38.1 Å². The second kappa shape index (κ2) is 7.19. The lowest BCUT2D eigenvalue weighted by Gasteiger charge is -2.31. The van der Waals surface area contributed by atoms with Crippen molar-refractivity contribution in [2.75, 3.05) is 18.9 Å². The first kappa shape index (κ1) is 15.5. The predicted molar refractivity (Wildman–Crippen MR) is 84.6 cm³/mol. The minimum atomic E-state index is 0.114. The first-order chi connectivity index (χ1) is 9.58. The van der Waals surface area contributed by atoms with E-state index >= 15 is 0 Å². The second-order valence-electron chi connectivity index (χ2n) is 5.28. The van der Waals surface area contributed by atoms with Crippen LogP contribution in [0.15, 0.2) is 18.2 Å². The van der Waals surface area contributed by atoms with Crippen molar-refractivity contribution in [3.05, 3.63) is 28.2 Å². The van der Waals surface area contributed by atoms with Crippen LogP contribution in [0.2, 0.25) is 10.0 Å². The van der Waals surface area contributed by atoms with E-state index in [1.165, 1.54) is 19.3 Å². The number of likely N-dealkylation sites (N-methyl/N-ethyl adjacent to an activating group) is 1. The summed E-state index contributed by atoms with van der Waals surface area (Å²) in [6.45, 7) is 0.283. The van der Waals surface area contributed by atoms with E-state index in [2.05, 4.69) is 5.32 Å². The highest BCUT2D eigenvalue weighted by atomic mass is 35.5. The molecule has 0 unspecified atom stereocenters. The number of anilines is 1. The highest BCUT2D eigenvalue weighted by Crippen LogP contribution is 2.25. The fraction of sp³-hybridized carbons (Fsp3) is 0.533. The van der Waals surface area contributed by atoms with Gasteiger partial charge >= 0.3 is 0 Å². The second-order valence-corrected chi connectivity index (χ2v) is 6.09. The Hall–Kier alpha value is -0.930. The summed E-state index contributed by atoms with van der Waals surface area (Å²) < 4.78 is 0. The maximum absolute atomic E-state index is 12.2. The summed E-state index contributed by atoms with van der Waals surface area (Å²) in [5.74, 6) is 0.114. The molecule has 1 fully saturated rings. The standard InChI is InChI=1S/C15H20Cl2N2O/c1-19(12-5-3-2-4-6-12)15(20)10-18-11-7-8-13(16)14(17)9-11/h7-9,12,18H,2-6,10H2,1H3. The van der Waals surface area contributed by atoms with Gasteiger partial charge in [0.1, 0.15) is 0 Å². The fourth-order valence-electron chi connectivity index (χ4n) is 2.58. The van der Waals surface area contributed by atoms with Crippen molar-refractivity contribution in [3.8, 4) is 0 Å². The van der Waals surface area contributed by atoms with Crippen LogP contribution in [0, 0.1) is 0 Å². The Bertz CT molecular complexity index is 473. The molecule has 0 aromatic heterocycles. The summed E-state index contributed by atoms with van der Waals surface area (Å²) in [5, 5.41) is 4.11. The monoisotopic (exact) mass is 314 g/mol. The van der Waals surface area contributed by atoms with Crippen LogP contribution in [0.3, 0.4) is 0 Å². The molecule has 0 bridgehead atoms. The zero-order chi connectivity index (χ0) is 14.5. The van der Waals surface area contributed by atoms with E-state index in [1.807, 2.05) is 18.0 Å². The maximum atomic E-state index is 12.2. The van der Waals surface area contributed by atoms with Crippen LogP contribution in [0.4, 0.5) is 5.69 Å². The van der Waals surface area contributed by atoms with Crippen molar-refractivity contribution >= 4 is 34.8 Å². The number of halogens is 2. The molecule has 0 atom stereocenters. The first-order valence-corrected chi connectivity index (χ1v) is 7.78. The van der Waals surface area contributed by atoms with Crippen LogP contribution in [-0.2, 0) is 4.79 Å². The zero-order valence-electron chi connectivity index (χ0n) is 11.7. The van der Waals surface area contributed by atoms with Gasteiger partial charge in [0.2, 0.25) is 5.91 Å². The summed E-state index contributed by atoms with van der Waals surface area (Å²) in [6, 6.07) is 5.67. The molecule has 20 heavy (non-hydrogen) atoms. The van der Waals surface area contributed by atoms with E-state index in [1.54, 1.807) is 12.1 Å². The number of hydrogen-bond donors (Lipinski definition) is 1. The van der Waals surface area contributed by atoms with Crippen LogP contribution >= 0.6 is 23.2 Å². The summed E-state index contributed by atoms with van der Waals surface area (Å²) in [6.07, 6.45) is 5.98. The third-order valence-electron chi connectivity index (χ3n) is 3.88. The topological polar surface area (TPSA) is 32.3 Å². The largest absolute Gasteiger partial charge is 0.376 e. The molecule has 1 aromatic carbocycles. The lowest BCUT2D eigenvalue weighted by molar-refractivity contribution is -0.130. The molecule has 0 saturated heterocycles. The smallest absolute Gasteiger partial charge is 0.241 e. The van der Waals surface area contributed by atoms with Crippen LogP contribution in [0.25, 0.3) is 0 Å². The molecule has 1 aliphatic rings. The third-order valence-corrected chi connectivity index (χ3v) is 4.62. The molecule has 0 aliphatic heterocycles. The number of rotatable bonds is 4. The van der Waals surface area contributed by atoms with Crippen LogP contribution in [-0.4, -0.2) is 30.4 Å². The van der Waals surface area contributed by atoms with E-state index in [4.69, 9.17) is 23.2 Å². The molecule has 1 saturated carbocycles. The number of nitrogens with zero attached hydrogens (tertiary/aromatic N) is 1. The van der Waals surface area contributed by atoms with E-state index in [9.17, 15) is 4.79 Å². The molecule has 0 spiro atoms. The van der Waals surface area contributed by atoms with E-state index in [0.717, 1.165) is 18.5 Å². The normalized spacial score (nSPS) is 15.9. The highest BCUT2D eigenvalue weighted by molar-refractivity contribution is 6.42. The number of hydrogen-bond acceptors (Lipinski definition) is 2. The van der Waals surface area contributed by atoms with Gasteiger partial charge in [0, 0.05) is 18.8 Å². The molecule has 5 heteroatoms. The fourth-order valence-corrected chi connectivity index (χ4v) is 2.88. The van der Waals surface area contributed by atoms with E-state index in [0.29, 0.717) is 16.1 Å². The number of carbonyl (C=O) groups excluding carboxylic acids is 1. The van der Waals surface area contributed by atoms with E-state index < -0.39 is 0 Å². The minimum Gasteiger partial charge on any atom is -0.376 e. The number of carbonyl (C=O) groups is 1. The van der Waals surface area contributed by atoms with E-state index in [-0.39, 0.29) is 12.5 Å². The Morgan fingerprint density at radius 2 is 1.95 bits per heavy atom.